The molecule has 0 aliphatic heterocycles. The van der Waals surface area contributed by atoms with E-state index in [-0.39, 0.29) is 5.91 Å². The molecule has 32 heavy (non-hydrogen) atoms. The Labute approximate surface area is 195 Å². The molecule has 0 aliphatic rings. The van der Waals surface area contributed by atoms with Crippen molar-refractivity contribution in [3.63, 3.8) is 0 Å². The van der Waals surface area contributed by atoms with Gasteiger partial charge in [-0.2, -0.15) is 10.2 Å². The number of benzene rings is 2. The van der Waals surface area contributed by atoms with Crippen LogP contribution in [0, 0.1) is 13.8 Å². The number of fused-ring (bicyclic) bond motifs is 1. The van der Waals surface area contributed by atoms with Gasteiger partial charge in [-0.05, 0) is 43.7 Å². The maximum absolute atomic E-state index is 12.7. The van der Waals surface area contributed by atoms with Gasteiger partial charge in [-0.1, -0.05) is 35.3 Å². The predicted molar refractivity (Wildman–Crippen MR) is 126 cm³/mol. The van der Waals surface area contributed by atoms with Gasteiger partial charge in [0.25, 0.3) is 5.91 Å². The monoisotopic (exact) mass is 471 g/mol. The average molecular weight is 472 g/mol. The molecule has 2 heterocycles. The van der Waals surface area contributed by atoms with E-state index in [1.807, 2.05) is 47.6 Å². The van der Waals surface area contributed by atoms with Crippen molar-refractivity contribution in [1.82, 2.24) is 24.9 Å². The third-order valence-corrected chi connectivity index (χ3v) is 6.07. The van der Waals surface area contributed by atoms with Crippen molar-refractivity contribution < 1.29 is 9.53 Å². The van der Waals surface area contributed by atoms with Crippen molar-refractivity contribution in [2.24, 2.45) is 0 Å². The number of aromatic nitrogens is 4. The summed E-state index contributed by atoms with van der Waals surface area (Å²) in [6.45, 7) is 5.44. The molecule has 0 saturated heterocycles. The zero-order valence-electron chi connectivity index (χ0n) is 18.0. The number of halogens is 2. The van der Waals surface area contributed by atoms with Gasteiger partial charge in [0.2, 0.25) is 0 Å². The highest BCUT2D eigenvalue weighted by Gasteiger charge is 2.15. The Morgan fingerprint density at radius 2 is 1.94 bits per heavy atom. The second-order valence-corrected chi connectivity index (χ2v) is 8.34. The molecule has 1 amide bonds. The Bertz CT molecular complexity index is 1300. The summed E-state index contributed by atoms with van der Waals surface area (Å²) in [7, 11) is 1.58. The smallest absolute Gasteiger partial charge is 0.251 e. The Kier molecular flexibility index (Phi) is 6.39. The molecule has 4 rings (SSSR count). The summed E-state index contributed by atoms with van der Waals surface area (Å²) in [5.74, 6) is 0.382. The Morgan fingerprint density at radius 1 is 1.12 bits per heavy atom. The molecule has 0 spiro atoms. The van der Waals surface area contributed by atoms with Gasteiger partial charge in [-0.3, -0.25) is 14.2 Å². The van der Waals surface area contributed by atoms with Crippen molar-refractivity contribution in [2.75, 3.05) is 7.11 Å². The summed E-state index contributed by atoms with van der Waals surface area (Å²) < 4.78 is 9.22. The van der Waals surface area contributed by atoms with Crippen LogP contribution in [0.5, 0.6) is 5.75 Å². The minimum atomic E-state index is -0.211. The highest BCUT2D eigenvalue weighted by molar-refractivity contribution is 6.31. The fourth-order valence-corrected chi connectivity index (χ4v) is 3.92. The lowest BCUT2D eigenvalue weighted by Gasteiger charge is -2.08. The molecule has 2 aromatic heterocycles. The number of nitrogens with one attached hydrogen (secondary N) is 1. The molecule has 0 fully saturated rings. The SMILES string of the molecule is COc1cc(C(=O)NCc2cccc(Cl)c2)cc2nn(CCn3nc(C)c(Cl)c3C)cc12. The molecule has 1 N–H and O–H groups in total. The number of carbonyl (C=O) groups excluding carboxylic acids is 1. The van der Waals surface area contributed by atoms with Crippen molar-refractivity contribution >= 4 is 40.0 Å². The van der Waals surface area contributed by atoms with E-state index < -0.39 is 0 Å². The Balaban J connectivity index is 1.52. The van der Waals surface area contributed by atoms with Gasteiger partial charge >= 0.3 is 0 Å². The molecule has 0 unspecified atom stereocenters. The number of hydrogen-bond donors (Lipinski definition) is 1. The van der Waals surface area contributed by atoms with E-state index in [1.165, 1.54) is 0 Å². The van der Waals surface area contributed by atoms with Crippen LogP contribution in [0.4, 0.5) is 0 Å². The molecule has 166 valence electrons. The first-order valence-electron chi connectivity index (χ1n) is 10.1. The fourth-order valence-electron chi connectivity index (χ4n) is 3.58. The van der Waals surface area contributed by atoms with Gasteiger partial charge in [0.05, 0.1) is 47.5 Å². The highest BCUT2D eigenvalue weighted by atomic mass is 35.5. The number of nitrogens with zero attached hydrogens (tertiary/aromatic N) is 4. The van der Waals surface area contributed by atoms with Crippen molar-refractivity contribution in [3.8, 4) is 5.75 Å². The van der Waals surface area contributed by atoms with Crippen LogP contribution >= 0.6 is 23.2 Å². The third kappa shape index (κ3) is 4.59. The zero-order chi connectivity index (χ0) is 22.8. The van der Waals surface area contributed by atoms with Gasteiger partial charge in [0.1, 0.15) is 5.75 Å². The van der Waals surface area contributed by atoms with Gasteiger partial charge in [-0.15, -0.1) is 0 Å². The molecule has 4 aromatic rings. The molecule has 7 nitrogen and oxygen atoms in total. The van der Waals surface area contributed by atoms with E-state index in [4.69, 9.17) is 27.9 Å². The summed E-state index contributed by atoms with van der Waals surface area (Å²) in [6, 6.07) is 10.9. The topological polar surface area (TPSA) is 74.0 Å². The van der Waals surface area contributed by atoms with Gasteiger partial charge in [0.15, 0.2) is 0 Å². The number of ether oxygens (including phenoxy) is 1. The van der Waals surface area contributed by atoms with Crippen LogP contribution in [0.1, 0.15) is 27.3 Å². The molecule has 0 aliphatic carbocycles. The standard InChI is InChI=1S/C23H23Cl2N5O2/c1-14-22(25)15(2)30(27-14)8-7-29-13-19-20(28-29)10-17(11-21(19)32-3)23(31)26-12-16-5-4-6-18(24)9-16/h4-6,9-11,13H,7-8,12H2,1-3H3,(H,26,31). The molecular formula is C23H23Cl2N5O2. The van der Waals surface area contributed by atoms with Gasteiger partial charge in [-0.25, -0.2) is 0 Å². The zero-order valence-corrected chi connectivity index (χ0v) is 19.5. The second-order valence-electron chi connectivity index (χ2n) is 7.52. The van der Waals surface area contributed by atoms with Crippen molar-refractivity contribution in [1.29, 1.82) is 0 Å². The van der Waals surface area contributed by atoms with Crippen molar-refractivity contribution in [3.05, 3.63) is 75.2 Å². The van der Waals surface area contributed by atoms with Gasteiger partial charge in [0, 0.05) is 23.3 Å². The highest BCUT2D eigenvalue weighted by Crippen LogP contribution is 2.27. The average Bonchev–Trinajstić information content (AvgIpc) is 3.31. The molecule has 2 aromatic carbocycles. The molecule has 0 bridgehead atoms. The summed E-state index contributed by atoms with van der Waals surface area (Å²) >= 11 is 12.3. The molecular weight excluding hydrogens is 449 g/mol. The van der Waals surface area contributed by atoms with E-state index in [2.05, 4.69) is 15.5 Å². The van der Waals surface area contributed by atoms with Crippen LogP contribution in [-0.4, -0.2) is 32.6 Å². The summed E-state index contributed by atoms with van der Waals surface area (Å²) in [5, 5.41) is 14.2. The number of rotatable bonds is 7. The lowest BCUT2D eigenvalue weighted by Crippen LogP contribution is -2.22. The lowest BCUT2D eigenvalue weighted by atomic mass is 10.1. The van der Waals surface area contributed by atoms with Crippen LogP contribution in [0.25, 0.3) is 10.9 Å². The van der Waals surface area contributed by atoms with Crippen LogP contribution in [-0.2, 0) is 19.6 Å². The first-order valence-corrected chi connectivity index (χ1v) is 10.9. The molecule has 0 atom stereocenters. The maximum atomic E-state index is 12.7. The number of hydrogen-bond acceptors (Lipinski definition) is 4. The van der Waals surface area contributed by atoms with Crippen LogP contribution < -0.4 is 10.1 Å². The van der Waals surface area contributed by atoms with Crippen LogP contribution in [0.3, 0.4) is 0 Å². The largest absolute Gasteiger partial charge is 0.496 e. The first-order chi connectivity index (χ1) is 15.4. The number of aryl methyl sites for hydroxylation is 3. The Morgan fingerprint density at radius 3 is 2.62 bits per heavy atom. The lowest BCUT2D eigenvalue weighted by molar-refractivity contribution is 0.0950. The number of carbonyl (C=O) groups is 1. The molecule has 0 radical (unpaired) electrons. The second kappa shape index (κ2) is 9.22. The fraction of sp³-hybridized carbons (Fsp3) is 0.261. The number of amides is 1. The van der Waals surface area contributed by atoms with Gasteiger partial charge < -0.3 is 10.1 Å². The first kappa shape index (κ1) is 22.2. The minimum Gasteiger partial charge on any atom is -0.496 e. The molecule has 9 heteroatoms. The van der Waals surface area contributed by atoms with E-state index in [1.54, 1.807) is 25.3 Å². The minimum absolute atomic E-state index is 0.211. The summed E-state index contributed by atoms with van der Waals surface area (Å²) in [6.07, 6.45) is 1.91. The quantitative estimate of drug-likeness (QED) is 0.420. The number of methoxy groups -OCH3 is 1. The summed E-state index contributed by atoms with van der Waals surface area (Å²) in [4.78, 5) is 12.7. The van der Waals surface area contributed by atoms with E-state index >= 15 is 0 Å². The van der Waals surface area contributed by atoms with Crippen LogP contribution in [0.2, 0.25) is 10.0 Å². The van der Waals surface area contributed by atoms with Crippen LogP contribution in [0.15, 0.2) is 42.6 Å². The predicted octanol–water partition coefficient (Wildman–Crippen LogP) is 4.80. The Hall–Kier alpha value is -3.03. The normalized spacial score (nSPS) is 11.2. The van der Waals surface area contributed by atoms with Crippen molar-refractivity contribution in [2.45, 2.75) is 33.5 Å². The summed E-state index contributed by atoms with van der Waals surface area (Å²) in [5.41, 5.74) is 3.82. The van der Waals surface area contributed by atoms with E-state index in [0.29, 0.717) is 46.5 Å². The third-order valence-electron chi connectivity index (χ3n) is 5.29. The molecule has 0 saturated carbocycles. The van der Waals surface area contributed by atoms with E-state index in [9.17, 15) is 4.79 Å². The maximum Gasteiger partial charge on any atom is 0.251 e. The van der Waals surface area contributed by atoms with E-state index in [0.717, 1.165) is 22.3 Å².